The van der Waals surface area contributed by atoms with E-state index in [1.54, 1.807) is 19.1 Å². The largest absolute Gasteiger partial charge is 0.481 e. The molecule has 238 valence electrons. The average Bonchev–Trinajstić information content (AvgIpc) is 2.91. The Balaban J connectivity index is 1.85. The summed E-state index contributed by atoms with van der Waals surface area (Å²) < 4.78 is 5.48. The molecule has 0 spiro atoms. The van der Waals surface area contributed by atoms with Crippen LogP contribution in [0.2, 0.25) is 0 Å². The van der Waals surface area contributed by atoms with Crippen LogP contribution in [0.25, 0.3) is 0 Å². The van der Waals surface area contributed by atoms with Crippen molar-refractivity contribution in [2.45, 2.75) is 108 Å². The van der Waals surface area contributed by atoms with Crippen LogP contribution < -0.4 is 27.2 Å². The average molecular weight is 614 g/mol. The van der Waals surface area contributed by atoms with E-state index in [0.29, 0.717) is 13.0 Å². The molecule has 6 unspecified atom stereocenters. The fourth-order valence-corrected chi connectivity index (χ4v) is 5.65. The Bertz CT molecular complexity index is 980. The fourth-order valence-electron chi connectivity index (χ4n) is 4.75. The highest BCUT2D eigenvalue weighted by molar-refractivity contribution is 8.14. The lowest BCUT2D eigenvalue weighted by molar-refractivity contribution is -0.148. The summed E-state index contributed by atoms with van der Waals surface area (Å²) >= 11 is 1.05. The molecule has 7 N–H and O–H groups in total. The van der Waals surface area contributed by atoms with Crippen LogP contribution in [0.5, 0.6) is 0 Å². The van der Waals surface area contributed by atoms with Crippen molar-refractivity contribution in [1.29, 1.82) is 0 Å². The highest BCUT2D eigenvalue weighted by Crippen LogP contribution is 2.28. The zero-order valence-corrected chi connectivity index (χ0v) is 25.9. The number of hydrogen-bond acceptors (Lipinski definition) is 11. The SMILES string of the molecule is CCONC(C)C(=O)NC1CCC1N[C@@H](CC(C)C)C(=O)OCC[C@H](N)C(=O)NC1C=CC(SC(C)=O)CC1C(=O)O. The van der Waals surface area contributed by atoms with E-state index in [1.165, 1.54) is 6.92 Å². The summed E-state index contributed by atoms with van der Waals surface area (Å²) in [5.74, 6) is -2.98. The van der Waals surface area contributed by atoms with Crippen LogP contribution in [0.4, 0.5) is 0 Å². The van der Waals surface area contributed by atoms with Crippen LogP contribution in [-0.2, 0) is 33.5 Å². The summed E-state index contributed by atoms with van der Waals surface area (Å²) in [5, 5.41) is 18.2. The summed E-state index contributed by atoms with van der Waals surface area (Å²) in [6.07, 6.45) is 5.67. The molecule has 0 aromatic heterocycles. The van der Waals surface area contributed by atoms with Crippen LogP contribution in [-0.4, -0.2) is 88.7 Å². The molecule has 0 aromatic rings. The van der Waals surface area contributed by atoms with E-state index in [9.17, 15) is 29.1 Å². The summed E-state index contributed by atoms with van der Waals surface area (Å²) in [5.41, 5.74) is 8.71. The number of thioether (sulfide) groups is 1. The van der Waals surface area contributed by atoms with E-state index >= 15 is 0 Å². The number of ether oxygens (including phenoxy) is 1. The fraction of sp³-hybridized carbons (Fsp3) is 0.750. The first kappa shape index (κ1) is 35.7. The Labute approximate surface area is 251 Å². The van der Waals surface area contributed by atoms with Gasteiger partial charge in [-0.3, -0.25) is 29.3 Å². The van der Waals surface area contributed by atoms with Gasteiger partial charge in [-0.05, 0) is 45.4 Å². The van der Waals surface area contributed by atoms with Crippen molar-refractivity contribution in [2.75, 3.05) is 13.2 Å². The molecular formula is C28H47N5O8S. The van der Waals surface area contributed by atoms with E-state index in [-0.39, 0.29) is 53.7 Å². The molecular weight excluding hydrogens is 566 g/mol. The highest BCUT2D eigenvalue weighted by Gasteiger charge is 2.37. The molecule has 8 atom stereocenters. The quantitative estimate of drug-likeness (QED) is 0.0761. The van der Waals surface area contributed by atoms with E-state index in [4.69, 9.17) is 15.3 Å². The normalized spacial score (nSPS) is 25.5. The number of esters is 1. The summed E-state index contributed by atoms with van der Waals surface area (Å²) in [6.45, 7) is 9.28. The Morgan fingerprint density at radius 1 is 1.05 bits per heavy atom. The van der Waals surface area contributed by atoms with Crippen molar-refractivity contribution in [3.8, 4) is 0 Å². The number of amides is 2. The third kappa shape index (κ3) is 11.6. The zero-order valence-electron chi connectivity index (χ0n) is 25.1. The number of carboxylic acids is 1. The minimum atomic E-state index is -1.07. The lowest BCUT2D eigenvalue weighted by atomic mass is 9.85. The van der Waals surface area contributed by atoms with Gasteiger partial charge in [-0.2, -0.15) is 5.48 Å². The number of aliphatic carboxylic acids is 1. The topological polar surface area (TPSA) is 198 Å². The first-order chi connectivity index (χ1) is 19.8. The first-order valence-corrected chi connectivity index (χ1v) is 15.4. The number of nitrogens with two attached hydrogens (primary N) is 1. The standard InChI is InChI=1S/C28H47N5O8S/c1-6-41-33-16(4)25(35)32-23-10-9-22(23)30-24(13-15(2)3)28(39)40-12-11-20(29)26(36)31-21-8-7-18(42-17(5)34)14-19(21)27(37)38/h7-8,15-16,18-24,30,33H,6,9-14,29H2,1-5H3,(H,31,36)(H,32,35)(H,37,38)/t16?,18?,19?,20-,21?,22?,23?,24-/m0/s1. The lowest BCUT2D eigenvalue weighted by Crippen LogP contribution is -2.62. The van der Waals surface area contributed by atoms with E-state index in [2.05, 4.69) is 21.4 Å². The minimum absolute atomic E-state index is 0.0514. The molecule has 0 aliphatic heterocycles. The Kier molecular flexibility index (Phi) is 14.9. The molecule has 13 nitrogen and oxygen atoms in total. The molecule has 2 rings (SSSR count). The van der Waals surface area contributed by atoms with Crippen LogP contribution in [0.15, 0.2) is 12.2 Å². The van der Waals surface area contributed by atoms with E-state index in [0.717, 1.165) is 24.6 Å². The molecule has 0 heterocycles. The molecule has 1 fully saturated rings. The zero-order chi connectivity index (χ0) is 31.4. The maximum absolute atomic E-state index is 13.0. The van der Waals surface area contributed by atoms with Gasteiger partial charge in [-0.15, -0.1) is 0 Å². The summed E-state index contributed by atoms with van der Waals surface area (Å²) in [7, 11) is 0. The molecule has 0 aromatic carbocycles. The molecule has 0 saturated heterocycles. The number of nitrogens with one attached hydrogen (secondary N) is 4. The number of carboxylic acid groups (broad SMARTS) is 1. The van der Waals surface area contributed by atoms with Gasteiger partial charge >= 0.3 is 11.9 Å². The van der Waals surface area contributed by atoms with Crippen molar-refractivity contribution in [3.05, 3.63) is 12.2 Å². The summed E-state index contributed by atoms with van der Waals surface area (Å²) in [4.78, 5) is 66.3. The third-order valence-electron chi connectivity index (χ3n) is 7.21. The maximum Gasteiger partial charge on any atom is 0.323 e. The van der Waals surface area contributed by atoms with Gasteiger partial charge < -0.3 is 31.0 Å². The van der Waals surface area contributed by atoms with Crippen LogP contribution >= 0.6 is 11.8 Å². The predicted molar refractivity (Wildman–Crippen MR) is 158 cm³/mol. The molecule has 1 saturated carbocycles. The molecule has 2 amide bonds. The number of hydroxylamine groups is 1. The van der Waals surface area contributed by atoms with Crippen molar-refractivity contribution >= 4 is 40.6 Å². The van der Waals surface area contributed by atoms with Crippen molar-refractivity contribution in [2.24, 2.45) is 17.6 Å². The number of carbonyl (C=O) groups is 5. The lowest BCUT2D eigenvalue weighted by Gasteiger charge is -2.40. The van der Waals surface area contributed by atoms with Crippen molar-refractivity contribution in [1.82, 2.24) is 21.4 Å². The Morgan fingerprint density at radius 3 is 2.31 bits per heavy atom. The van der Waals surface area contributed by atoms with Crippen LogP contribution in [0, 0.1) is 11.8 Å². The monoisotopic (exact) mass is 613 g/mol. The predicted octanol–water partition coefficient (Wildman–Crippen LogP) is 0.622. The van der Waals surface area contributed by atoms with Gasteiger partial charge in [0.15, 0.2) is 5.12 Å². The van der Waals surface area contributed by atoms with Crippen molar-refractivity contribution in [3.63, 3.8) is 0 Å². The second-order valence-electron chi connectivity index (χ2n) is 11.2. The smallest absolute Gasteiger partial charge is 0.323 e. The van der Waals surface area contributed by atoms with E-state index < -0.39 is 47.9 Å². The number of rotatable bonds is 17. The summed E-state index contributed by atoms with van der Waals surface area (Å²) in [6, 6.07) is -3.10. The number of carbonyl (C=O) groups excluding carboxylic acids is 4. The highest BCUT2D eigenvalue weighted by atomic mass is 32.2. The molecule has 14 heteroatoms. The molecule has 0 radical (unpaired) electrons. The second-order valence-corrected chi connectivity index (χ2v) is 12.6. The third-order valence-corrected chi connectivity index (χ3v) is 8.20. The second kappa shape index (κ2) is 17.6. The Hall–Kier alpha value is -2.52. The van der Waals surface area contributed by atoms with Gasteiger partial charge in [0.2, 0.25) is 11.8 Å². The number of hydrogen-bond donors (Lipinski definition) is 6. The molecule has 2 aliphatic rings. The van der Waals surface area contributed by atoms with Gasteiger partial charge in [-0.1, -0.05) is 37.8 Å². The van der Waals surface area contributed by atoms with E-state index in [1.807, 2.05) is 20.8 Å². The van der Waals surface area contributed by atoms with Crippen LogP contribution in [0.3, 0.4) is 0 Å². The molecule has 42 heavy (non-hydrogen) atoms. The van der Waals surface area contributed by atoms with Gasteiger partial charge in [0.25, 0.3) is 0 Å². The van der Waals surface area contributed by atoms with Gasteiger partial charge in [0.1, 0.15) is 12.1 Å². The van der Waals surface area contributed by atoms with Crippen molar-refractivity contribution < 1.29 is 38.7 Å². The molecule has 2 aliphatic carbocycles. The minimum Gasteiger partial charge on any atom is -0.481 e. The first-order valence-electron chi connectivity index (χ1n) is 14.6. The molecule has 0 bridgehead atoms. The Morgan fingerprint density at radius 2 is 1.74 bits per heavy atom. The maximum atomic E-state index is 13.0. The van der Waals surface area contributed by atoms with Gasteiger partial charge in [0, 0.05) is 30.7 Å². The van der Waals surface area contributed by atoms with Gasteiger partial charge in [-0.25, -0.2) is 0 Å². The van der Waals surface area contributed by atoms with Crippen LogP contribution in [0.1, 0.15) is 66.7 Å². The van der Waals surface area contributed by atoms with Gasteiger partial charge in [0.05, 0.1) is 31.2 Å².